The maximum Gasteiger partial charge on any atom is 0.314 e. The molecule has 1 heterocycles. The zero-order valence-corrected chi connectivity index (χ0v) is 8.10. The fraction of sp³-hybridized carbons (Fsp3) is 0.200. The SMILES string of the molecule is OCc1ccc(-c2nnc(C(F)F)o2)cc1. The Balaban J connectivity index is 2.28. The predicted molar refractivity (Wildman–Crippen MR) is 50.6 cm³/mol. The van der Waals surface area contributed by atoms with Crippen LogP contribution >= 0.6 is 0 Å². The van der Waals surface area contributed by atoms with Gasteiger partial charge in [0, 0.05) is 5.56 Å². The van der Waals surface area contributed by atoms with E-state index in [2.05, 4.69) is 10.2 Å². The average molecular weight is 226 g/mol. The first-order valence-electron chi connectivity index (χ1n) is 4.52. The molecule has 0 aliphatic heterocycles. The number of rotatable bonds is 3. The summed E-state index contributed by atoms with van der Waals surface area (Å²) in [5, 5.41) is 15.5. The van der Waals surface area contributed by atoms with E-state index in [1.54, 1.807) is 24.3 Å². The van der Waals surface area contributed by atoms with Crippen molar-refractivity contribution >= 4 is 0 Å². The Morgan fingerprint density at radius 2 is 1.88 bits per heavy atom. The van der Waals surface area contributed by atoms with Gasteiger partial charge in [0.25, 0.3) is 5.89 Å². The van der Waals surface area contributed by atoms with Gasteiger partial charge in [-0.25, -0.2) is 0 Å². The van der Waals surface area contributed by atoms with E-state index in [0.29, 0.717) is 5.56 Å². The van der Waals surface area contributed by atoms with Crippen molar-refractivity contribution in [2.75, 3.05) is 0 Å². The van der Waals surface area contributed by atoms with Crippen LogP contribution in [0.2, 0.25) is 0 Å². The van der Waals surface area contributed by atoms with Crippen molar-refractivity contribution < 1.29 is 18.3 Å². The molecule has 1 N–H and O–H groups in total. The predicted octanol–water partition coefficient (Wildman–Crippen LogP) is 2.17. The summed E-state index contributed by atoms with van der Waals surface area (Å²) in [5.74, 6) is -0.652. The van der Waals surface area contributed by atoms with Gasteiger partial charge in [-0.15, -0.1) is 10.2 Å². The number of hydrogen-bond donors (Lipinski definition) is 1. The molecule has 4 nitrogen and oxygen atoms in total. The Hall–Kier alpha value is -1.82. The van der Waals surface area contributed by atoms with E-state index in [9.17, 15) is 8.78 Å². The van der Waals surface area contributed by atoms with E-state index >= 15 is 0 Å². The molecule has 0 unspecified atom stereocenters. The Morgan fingerprint density at radius 1 is 1.19 bits per heavy atom. The number of aliphatic hydroxyl groups is 1. The first kappa shape index (κ1) is 10.7. The van der Waals surface area contributed by atoms with Crippen LogP contribution in [0.3, 0.4) is 0 Å². The number of alkyl halides is 2. The Morgan fingerprint density at radius 3 is 2.38 bits per heavy atom. The number of nitrogens with zero attached hydrogens (tertiary/aromatic N) is 2. The lowest BCUT2D eigenvalue weighted by Crippen LogP contribution is -1.83. The van der Waals surface area contributed by atoms with Crippen LogP contribution in [-0.4, -0.2) is 15.3 Å². The van der Waals surface area contributed by atoms with Crippen molar-refractivity contribution in [1.29, 1.82) is 0 Å². The summed E-state index contributed by atoms with van der Waals surface area (Å²) < 4.78 is 29.1. The number of halogens is 2. The maximum atomic E-state index is 12.2. The van der Waals surface area contributed by atoms with Gasteiger partial charge in [0.2, 0.25) is 5.89 Å². The van der Waals surface area contributed by atoms with Gasteiger partial charge in [0.15, 0.2) is 0 Å². The van der Waals surface area contributed by atoms with Crippen LogP contribution in [0.4, 0.5) is 8.78 Å². The first-order valence-corrected chi connectivity index (χ1v) is 4.52. The van der Waals surface area contributed by atoms with Gasteiger partial charge >= 0.3 is 6.43 Å². The fourth-order valence-electron chi connectivity index (χ4n) is 1.19. The second kappa shape index (κ2) is 4.36. The molecular formula is C10H8F2N2O2. The fourth-order valence-corrected chi connectivity index (χ4v) is 1.19. The summed E-state index contributed by atoms with van der Waals surface area (Å²) in [6, 6.07) is 6.55. The smallest absolute Gasteiger partial charge is 0.314 e. The number of hydrogen-bond acceptors (Lipinski definition) is 4. The van der Waals surface area contributed by atoms with E-state index in [4.69, 9.17) is 9.52 Å². The zero-order valence-electron chi connectivity index (χ0n) is 8.10. The van der Waals surface area contributed by atoms with Gasteiger partial charge in [-0.05, 0) is 17.7 Å². The van der Waals surface area contributed by atoms with E-state index < -0.39 is 12.3 Å². The van der Waals surface area contributed by atoms with Crippen molar-refractivity contribution in [2.45, 2.75) is 13.0 Å². The van der Waals surface area contributed by atoms with Crippen LogP contribution in [-0.2, 0) is 6.61 Å². The third-order valence-corrected chi connectivity index (χ3v) is 2.01. The number of aliphatic hydroxyl groups excluding tert-OH is 1. The monoisotopic (exact) mass is 226 g/mol. The minimum Gasteiger partial charge on any atom is -0.415 e. The number of aromatic nitrogens is 2. The molecule has 1 aromatic heterocycles. The molecule has 0 fully saturated rings. The Kier molecular flexibility index (Phi) is 2.91. The second-order valence-corrected chi connectivity index (χ2v) is 3.10. The highest BCUT2D eigenvalue weighted by Crippen LogP contribution is 2.23. The molecule has 0 atom stereocenters. The molecule has 0 aliphatic rings. The average Bonchev–Trinajstić information content (AvgIpc) is 2.78. The summed E-state index contributed by atoms with van der Waals surface area (Å²) in [7, 11) is 0. The molecule has 0 bridgehead atoms. The summed E-state index contributed by atoms with van der Waals surface area (Å²) >= 11 is 0. The van der Waals surface area contributed by atoms with Crippen LogP contribution in [0.1, 0.15) is 17.9 Å². The standard InChI is InChI=1S/C10H8F2N2O2/c11-8(12)10-14-13-9(16-10)7-3-1-6(5-15)2-4-7/h1-4,8,15H,5H2. The van der Waals surface area contributed by atoms with Crippen LogP contribution < -0.4 is 0 Å². The summed E-state index contributed by atoms with van der Waals surface area (Å²) in [6.45, 7) is -0.0770. The molecule has 0 saturated carbocycles. The van der Waals surface area contributed by atoms with Gasteiger partial charge in [-0.1, -0.05) is 12.1 Å². The lowest BCUT2D eigenvalue weighted by atomic mass is 10.1. The maximum absolute atomic E-state index is 12.2. The Bertz CT molecular complexity index is 468. The van der Waals surface area contributed by atoms with Gasteiger partial charge in [-0.2, -0.15) is 8.78 Å². The molecule has 1 aromatic carbocycles. The largest absolute Gasteiger partial charge is 0.415 e. The van der Waals surface area contributed by atoms with Gasteiger partial charge < -0.3 is 9.52 Å². The van der Waals surface area contributed by atoms with Crippen molar-refractivity contribution in [2.24, 2.45) is 0 Å². The highest BCUT2D eigenvalue weighted by atomic mass is 19.3. The lowest BCUT2D eigenvalue weighted by molar-refractivity contribution is 0.116. The van der Waals surface area contributed by atoms with Crippen molar-refractivity contribution in [3.05, 3.63) is 35.7 Å². The van der Waals surface area contributed by atoms with Crippen molar-refractivity contribution in [1.82, 2.24) is 10.2 Å². The third-order valence-electron chi connectivity index (χ3n) is 2.01. The summed E-state index contributed by atoms with van der Waals surface area (Å²) in [4.78, 5) is 0. The van der Waals surface area contributed by atoms with Gasteiger partial charge in [0.1, 0.15) is 0 Å². The molecule has 84 valence electrons. The molecule has 0 amide bonds. The number of benzene rings is 1. The first-order chi connectivity index (χ1) is 7.70. The molecule has 16 heavy (non-hydrogen) atoms. The zero-order chi connectivity index (χ0) is 11.5. The lowest BCUT2D eigenvalue weighted by Gasteiger charge is -1.97. The van der Waals surface area contributed by atoms with E-state index in [0.717, 1.165) is 5.56 Å². The molecule has 0 radical (unpaired) electrons. The molecule has 0 aliphatic carbocycles. The minimum atomic E-state index is -2.77. The van der Waals surface area contributed by atoms with E-state index in [1.165, 1.54) is 0 Å². The Labute approximate surface area is 89.5 Å². The quantitative estimate of drug-likeness (QED) is 0.871. The highest BCUT2D eigenvalue weighted by molar-refractivity contribution is 5.52. The normalized spacial score (nSPS) is 11.0. The van der Waals surface area contributed by atoms with Gasteiger partial charge in [0.05, 0.1) is 6.61 Å². The minimum absolute atomic E-state index is 0.0415. The van der Waals surface area contributed by atoms with E-state index in [1.807, 2.05) is 0 Å². The molecule has 6 heteroatoms. The van der Waals surface area contributed by atoms with Crippen LogP contribution in [0.5, 0.6) is 0 Å². The van der Waals surface area contributed by atoms with Crippen molar-refractivity contribution in [3.63, 3.8) is 0 Å². The molecule has 0 spiro atoms. The van der Waals surface area contributed by atoms with E-state index in [-0.39, 0.29) is 12.5 Å². The second-order valence-electron chi connectivity index (χ2n) is 3.10. The van der Waals surface area contributed by atoms with Gasteiger partial charge in [-0.3, -0.25) is 0 Å². The molecular weight excluding hydrogens is 218 g/mol. The molecule has 0 saturated heterocycles. The van der Waals surface area contributed by atoms with Crippen molar-refractivity contribution in [3.8, 4) is 11.5 Å². The summed E-state index contributed by atoms with van der Waals surface area (Å²) in [5.41, 5.74) is 1.26. The highest BCUT2D eigenvalue weighted by Gasteiger charge is 2.16. The van der Waals surface area contributed by atoms with Crippen LogP contribution in [0, 0.1) is 0 Å². The molecule has 2 rings (SSSR count). The summed E-state index contributed by atoms with van der Waals surface area (Å²) in [6.07, 6.45) is -2.77. The third kappa shape index (κ3) is 2.06. The molecule has 2 aromatic rings. The topological polar surface area (TPSA) is 59.2 Å². The van der Waals surface area contributed by atoms with Crippen LogP contribution in [0.25, 0.3) is 11.5 Å². The van der Waals surface area contributed by atoms with Crippen LogP contribution in [0.15, 0.2) is 28.7 Å².